The van der Waals surface area contributed by atoms with Gasteiger partial charge in [0.05, 0.1) is 45.6 Å². The molecule has 1 atom stereocenters. The number of carbonyl (C=O) groups is 1. The Hall–Kier alpha value is -3.97. The molecule has 39 heavy (non-hydrogen) atoms. The lowest BCUT2D eigenvalue weighted by atomic mass is 9.95. The minimum Gasteiger partial charge on any atom is -0.496 e. The van der Waals surface area contributed by atoms with Gasteiger partial charge in [-0.05, 0) is 51.1 Å². The van der Waals surface area contributed by atoms with Gasteiger partial charge in [0.25, 0.3) is 11.2 Å². The maximum absolute atomic E-state index is 13.9. The molecule has 0 bridgehead atoms. The van der Waals surface area contributed by atoms with Gasteiger partial charge in [0.2, 0.25) is 6.79 Å². The summed E-state index contributed by atoms with van der Waals surface area (Å²) in [4.78, 5) is 43.4. The second kappa shape index (κ2) is 10.3. The first-order valence-corrected chi connectivity index (χ1v) is 13.3. The summed E-state index contributed by atoms with van der Waals surface area (Å²) in [6.07, 6.45) is 1.02. The number of nitro groups is 1. The van der Waals surface area contributed by atoms with E-state index in [9.17, 15) is 19.7 Å². The van der Waals surface area contributed by atoms with Gasteiger partial charge in [-0.3, -0.25) is 19.5 Å². The molecule has 0 fully saturated rings. The standard InChI is InChI=1S/C26H22BrN3O8S/c1-12(2)38-25(32)22-13(3)28-26-29(23(22)16-9-15(27)5-6-18(16)35-4)24(31)21(39-26)8-14-7-19-20(37-11-36-19)10-17(14)30(33)34/h5-10,12,23H,11H2,1-4H3/b21-8-/t23-/m0/s1. The van der Waals surface area contributed by atoms with Gasteiger partial charge in [0.1, 0.15) is 11.8 Å². The maximum Gasteiger partial charge on any atom is 0.338 e. The second-order valence-electron chi connectivity index (χ2n) is 8.94. The van der Waals surface area contributed by atoms with Crippen LogP contribution in [0.1, 0.15) is 37.9 Å². The molecular formula is C26H22BrN3O8S. The number of methoxy groups -OCH3 is 1. The van der Waals surface area contributed by atoms with Gasteiger partial charge >= 0.3 is 5.97 Å². The minimum atomic E-state index is -0.922. The molecule has 3 aromatic rings. The summed E-state index contributed by atoms with van der Waals surface area (Å²) in [5, 5.41) is 11.8. The number of nitro benzene ring substituents is 1. The third-order valence-electron chi connectivity index (χ3n) is 6.08. The molecule has 13 heteroatoms. The van der Waals surface area contributed by atoms with Crippen molar-refractivity contribution in [3.8, 4) is 17.2 Å². The number of hydrogen-bond donors (Lipinski definition) is 0. The summed E-state index contributed by atoms with van der Waals surface area (Å²) < 4.78 is 24.1. The van der Waals surface area contributed by atoms with Crippen LogP contribution in [-0.2, 0) is 9.53 Å². The molecule has 0 unspecified atom stereocenters. The van der Waals surface area contributed by atoms with Crippen LogP contribution in [0.3, 0.4) is 0 Å². The molecule has 2 aliphatic heterocycles. The SMILES string of the molecule is COc1ccc(Br)cc1[C@H]1C(C(=O)OC(C)C)=C(C)N=c2s/c(=C\c3cc4c(cc3[N+](=O)[O-])OCO4)c(=O)n21. The van der Waals surface area contributed by atoms with Crippen molar-refractivity contribution in [2.24, 2.45) is 4.99 Å². The number of allylic oxidation sites excluding steroid dienone is 1. The monoisotopic (exact) mass is 615 g/mol. The van der Waals surface area contributed by atoms with E-state index in [1.54, 1.807) is 39.0 Å². The average molecular weight is 616 g/mol. The molecule has 0 N–H and O–H groups in total. The number of benzene rings is 2. The van der Waals surface area contributed by atoms with Crippen LogP contribution in [0.15, 0.2) is 55.9 Å². The number of aromatic nitrogens is 1. The molecule has 0 radical (unpaired) electrons. The number of nitrogens with zero attached hydrogens (tertiary/aromatic N) is 3. The van der Waals surface area contributed by atoms with E-state index < -0.39 is 28.6 Å². The smallest absolute Gasteiger partial charge is 0.338 e. The average Bonchev–Trinajstić information content (AvgIpc) is 3.45. The van der Waals surface area contributed by atoms with E-state index in [4.69, 9.17) is 18.9 Å². The lowest BCUT2D eigenvalue weighted by Crippen LogP contribution is -2.40. The van der Waals surface area contributed by atoms with Crippen molar-refractivity contribution < 1.29 is 28.7 Å². The predicted molar refractivity (Wildman–Crippen MR) is 145 cm³/mol. The van der Waals surface area contributed by atoms with Crippen molar-refractivity contribution in [1.29, 1.82) is 0 Å². The normalized spacial score (nSPS) is 16.3. The van der Waals surface area contributed by atoms with E-state index in [0.717, 1.165) is 11.3 Å². The van der Waals surface area contributed by atoms with Crippen LogP contribution in [0.4, 0.5) is 5.69 Å². The number of rotatable bonds is 6. The highest BCUT2D eigenvalue weighted by Gasteiger charge is 2.36. The highest BCUT2D eigenvalue weighted by Crippen LogP contribution is 2.39. The van der Waals surface area contributed by atoms with Gasteiger partial charge in [-0.1, -0.05) is 27.3 Å². The Morgan fingerprint density at radius 2 is 2.00 bits per heavy atom. The number of fused-ring (bicyclic) bond motifs is 2. The minimum absolute atomic E-state index is 0.0544. The lowest BCUT2D eigenvalue weighted by molar-refractivity contribution is -0.385. The number of carbonyl (C=O) groups excluding carboxylic acids is 1. The topological polar surface area (TPSA) is 131 Å². The van der Waals surface area contributed by atoms with Crippen LogP contribution in [0.25, 0.3) is 6.08 Å². The van der Waals surface area contributed by atoms with Crippen molar-refractivity contribution in [2.45, 2.75) is 32.9 Å². The number of thiazole rings is 1. The summed E-state index contributed by atoms with van der Waals surface area (Å²) in [6.45, 7) is 5.08. The number of hydrogen-bond acceptors (Lipinski definition) is 10. The Morgan fingerprint density at radius 1 is 1.28 bits per heavy atom. The third kappa shape index (κ3) is 4.83. The molecule has 2 aliphatic rings. The molecule has 0 aliphatic carbocycles. The first-order valence-electron chi connectivity index (χ1n) is 11.7. The molecule has 1 aromatic heterocycles. The molecule has 0 spiro atoms. The Kier molecular flexibility index (Phi) is 7.03. The molecular weight excluding hydrogens is 594 g/mol. The highest BCUT2D eigenvalue weighted by molar-refractivity contribution is 9.10. The van der Waals surface area contributed by atoms with Crippen molar-refractivity contribution in [1.82, 2.24) is 4.57 Å². The van der Waals surface area contributed by atoms with E-state index >= 15 is 0 Å². The van der Waals surface area contributed by atoms with Gasteiger partial charge in [-0.2, -0.15) is 0 Å². The predicted octanol–water partition coefficient (Wildman–Crippen LogP) is 3.59. The summed E-state index contributed by atoms with van der Waals surface area (Å²) in [7, 11) is 1.50. The van der Waals surface area contributed by atoms with E-state index in [1.807, 2.05) is 0 Å². The number of ether oxygens (including phenoxy) is 4. The van der Waals surface area contributed by atoms with Crippen LogP contribution >= 0.6 is 27.3 Å². The van der Waals surface area contributed by atoms with E-state index in [1.165, 1.54) is 29.9 Å². The van der Waals surface area contributed by atoms with Crippen molar-refractivity contribution in [2.75, 3.05) is 13.9 Å². The van der Waals surface area contributed by atoms with Crippen LogP contribution in [0.5, 0.6) is 17.2 Å². The van der Waals surface area contributed by atoms with Gasteiger partial charge in [-0.15, -0.1) is 0 Å². The summed E-state index contributed by atoms with van der Waals surface area (Å²) in [6, 6.07) is 7.09. The molecule has 0 amide bonds. The first-order chi connectivity index (χ1) is 18.6. The zero-order valence-electron chi connectivity index (χ0n) is 21.2. The van der Waals surface area contributed by atoms with Crippen molar-refractivity contribution in [3.63, 3.8) is 0 Å². The Balaban J connectivity index is 1.77. The first kappa shape index (κ1) is 26.6. The fourth-order valence-corrected chi connectivity index (χ4v) is 5.85. The summed E-state index contributed by atoms with van der Waals surface area (Å²) in [5.41, 5.74) is 0.551. The second-order valence-corrected chi connectivity index (χ2v) is 10.9. The Morgan fingerprint density at radius 3 is 2.67 bits per heavy atom. The van der Waals surface area contributed by atoms with Crippen LogP contribution in [0, 0.1) is 10.1 Å². The largest absolute Gasteiger partial charge is 0.496 e. The summed E-state index contributed by atoms with van der Waals surface area (Å²) >= 11 is 4.52. The molecule has 0 saturated carbocycles. The quantitative estimate of drug-likeness (QED) is 0.233. The van der Waals surface area contributed by atoms with E-state index in [2.05, 4.69) is 20.9 Å². The Bertz CT molecular complexity index is 1740. The zero-order chi connectivity index (χ0) is 28.0. The van der Waals surface area contributed by atoms with Gasteiger partial charge in [-0.25, -0.2) is 9.79 Å². The lowest BCUT2D eigenvalue weighted by Gasteiger charge is -2.26. The van der Waals surface area contributed by atoms with Crippen LogP contribution in [-0.4, -0.2) is 35.5 Å². The van der Waals surface area contributed by atoms with E-state index in [0.29, 0.717) is 32.0 Å². The molecule has 11 nitrogen and oxygen atoms in total. The zero-order valence-corrected chi connectivity index (χ0v) is 23.6. The van der Waals surface area contributed by atoms with Gasteiger partial charge in [0, 0.05) is 10.0 Å². The van der Waals surface area contributed by atoms with Gasteiger partial charge in [0.15, 0.2) is 16.3 Å². The number of esters is 1. The highest BCUT2D eigenvalue weighted by atomic mass is 79.9. The fraction of sp³-hybridized carbons (Fsp3) is 0.269. The molecule has 0 saturated heterocycles. The van der Waals surface area contributed by atoms with Gasteiger partial charge < -0.3 is 18.9 Å². The Labute approximate surface area is 233 Å². The van der Waals surface area contributed by atoms with Crippen LogP contribution in [0.2, 0.25) is 0 Å². The van der Waals surface area contributed by atoms with Crippen molar-refractivity contribution in [3.05, 3.63) is 87.0 Å². The maximum atomic E-state index is 13.9. The molecule has 2 aromatic carbocycles. The summed E-state index contributed by atoms with van der Waals surface area (Å²) in [5.74, 6) is 0.435. The van der Waals surface area contributed by atoms with Crippen LogP contribution < -0.4 is 29.1 Å². The van der Waals surface area contributed by atoms with Crippen molar-refractivity contribution >= 4 is 45.0 Å². The fourth-order valence-electron chi connectivity index (χ4n) is 4.44. The molecule has 3 heterocycles. The molecule has 202 valence electrons. The molecule has 5 rings (SSSR count). The third-order valence-corrected chi connectivity index (χ3v) is 7.55. The van der Waals surface area contributed by atoms with E-state index in [-0.39, 0.29) is 33.9 Å². The number of halogens is 1.